The zero-order chi connectivity index (χ0) is 16.2. The third kappa shape index (κ3) is 3.31. The molecular formula is C15H11F2N5O. The van der Waals surface area contributed by atoms with Gasteiger partial charge in [-0.2, -0.15) is 5.21 Å². The third-order valence-electron chi connectivity index (χ3n) is 2.98. The number of halogens is 2. The van der Waals surface area contributed by atoms with E-state index in [0.29, 0.717) is 5.69 Å². The highest BCUT2D eigenvalue weighted by atomic mass is 19.1. The van der Waals surface area contributed by atoms with Crippen LogP contribution in [-0.4, -0.2) is 21.3 Å². The van der Waals surface area contributed by atoms with Crippen LogP contribution < -0.4 is 10.6 Å². The molecule has 0 aliphatic heterocycles. The number of hydrogen-bond acceptors (Lipinski definition) is 4. The first-order valence-corrected chi connectivity index (χ1v) is 6.63. The summed E-state index contributed by atoms with van der Waals surface area (Å²) in [4.78, 5) is 12.2. The molecule has 2 aromatic carbocycles. The van der Waals surface area contributed by atoms with E-state index in [1.54, 1.807) is 12.1 Å². The first kappa shape index (κ1) is 14.6. The Morgan fingerprint density at radius 3 is 2.61 bits per heavy atom. The average molecular weight is 315 g/mol. The predicted molar refractivity (Wildman–Crippen MR) is 80.4 cm³/mol. The van der Waals surface area contributed by atoms with Gasteiger partial charge in [0.05, 0.1) is 5.69 Å². The summed E-state index contributed by atoms with van der Waals surface area (Å²) < 4.78 is 26.7. The Morgan fingerprint density at radius 2 is 1.83 bits per heavy atom. The Hall–Kier alpha value is -3.29. The molecule has 0 atom stereocenters. The molecule has 3 rings (SSSR count). The molecule has 0 radical (unpaired) electrons. The van der Waals surface area contributed by atoms with E-state index in [1.807, 2.05) is 18.2 Å². The van der Waals surface area contributed by atoms with Crippen LogP contribution in [0.15, 0.2) is 48.5 Å². The minimum Gasteiger partial charge on any atom is -0.337 e. The van der Waals surface area contributed by atoms with E-state index in [0.717, 1.165) is 18.2 Å². The molecule has 0 unspecified atom stereocenters. The van der Waals surface area contributed by atoms with E-state index in [4.69, 9.17) is 0 Å². The molecule has 0 aliphatic carbocycles. The third-order valence-corrected chi connectivity index (χ3v) is 2.98. The number of aromatic nitrogens is 3. The van der Waals surface area contributed by atoms with E-state index in [-0.39, 0.29) is 17.2 Å². The van der Waals surface area contributed by atoms with Crippen LogP contribution >= 0.6 is 0 Å². The predicted octanol–water partition coefficient (Wildman–Crippen LogP) is 3.08. The maximum Gasteiger partial charge on any atom is 0.280 e. The molecule has 0 spiro atoms. The normalized spacial score (nSPS) is 10.3. The van der Waals surface area contributed by atoms with Crippen molar-refractivity contribution in [2.24, 2.45) is 0 Å². The van der Waals surface area contributed by atoms with Gasteiger partial charge in [0, 0.05) is 11.8 Å². The molecule has 0 saturated heterocycles. The second-order valence-corrected chi connectivity index (χ2v) is 4.59. The molecule has 3 aromatic rings. The van der Waals surface area contributed by atoms with Gasteiger partial charge >= 0.3 is 0 Å². The molecule has 3 N–H and O–H groups in total. The van der Waals surface area contributed by atoms with Crippen molar-refractivity contribution in [1.29, 1.82) is 0 Å². The average Bonchev–Trinajstić information content (AvgIpc) is 3.00. The SMILES string of the molecule is O=C(Nc1cc(F)ccc1F)c1n[nH]nc1Nc1ccccc1. The molecule has 1 heterocycles. The molecule has 116 valence electrons. The second-order valence-electron chi connectivity index (χ2n) is 4.59. The number of benzene rings is 2. The number of anilines is 3. The van der Waals surface area contributed by atoms with Gasteiger partial charge in [-0.05, 0) is 24.3 Å². The molecule has 1 amide bonds. The van der Waals surface area contributed by atoms with Gasteiger partial charge in [0.1, 0.15) is 11.6 Å². The maximum atomic E-state index is 13.6. The summed E-state index contributed by atoms with van der Waals surface area (Å²) in [7, 11) is 0. The maximum absolute atomic E-state index is 13.6. The van der Waals surface area contributed by atoms with Crippen LogP contribution in [0.3, 0.4) is 0 Å². The van der Waals surface area contributed by atoms with Crippen molar-refractivity contribution >= 4 is 23.1 Å². The zero-order valence-corrected chi connectivity index (χ0v) is 11.7. The molecule has 0 aliphatic rings. The molecule has 23 heavy (non-hydrogen) atoms. The lowest BCUT2D eigenvalue weighted by Gasteiger charge is -2.07. The van der Waals surface area contributed by atoms with Gasteiger partial charge in [-0.15, -0.1) is 10.2 Å². The van der Waals surface area contributed by atoms with Crippen molar-refractivity contribution in [3.05, 3.63) is 65.9 Å². The summed E-state index contributed by atoms with van der Waals surface area (Å²) in [5, 5.41) is 15.1. The number of nitrogens with zero attached hydrogens (tertiary/aromatic N) is 2. The Labute approximate surface area is 129 Å². The monoisotopic (exact) mass is 315 g/mol. The quantitative estimate of drug-likeness (QED) is 0.691. The number of para-hydroxylation sites is 1. The highest BCUT2D eigenvalue weighted by Crippen LogP contribution is 2.19. The van der Waals surface area contributed by atoms with Crippen molar-refractivity contribution in [1.82, 2.24) is 15.4 Å². The number of aromatic amines is 1. The van der Waals surface area contributed by atoms with Crippen molar-refractivity contribution in [3.63, 3.8) is 0 Å². The lowest BCUT2D eigenvalue weighted by Crippen LogP contribution is -2.15. The summed E-state index contributed by atoms with van der Waals surface area (Å²) in [5.74, 6) is -1.96. The van der Waals surface area contributed by atoms with Gasteiger partial charge in [0.25, 0.3) is 5.91 Å². The number of H-pyrrole nitrogens is 1. The largest absolute Gasteiger partial charge is 0.337 e. The van der Waals surface area contributed by atoms with E-state index in [2.05, 4.69) is 26.0 Å². The Kier molecular flexibility index (Phi) is 3.96. The van der Waals surface area contributed by atoms with Crippen molar-refractivity contribution in [3.8, 4) is 0 Å². The molecule has 1 aromatic heterocycles. The van der Waals surface area contributed by atoms with E-state index < -0.39 is 17.5 Å². The summed E-state index contributed by atoms with van der Waals surface area (Å²) in [6.07, 6.45) is 0. The molecular weight excluding hydrogens is 304 g/mol. The van der Waals surface area contributed by atoms with Gasteiger partial charge in [-0.3, -0.25) is 4.79 Å². The Bertz CT molecular complexity index is 835. The lowest BCUT2D eigenvalue weighted by molar-refractivity contribution is 0.102. The van der Waals surface area contributed by atoms with Crippen molar-refractivity contribution in [2.45, 2.75) is 0 Å². The van der Waals surface area contributed by atoms with Crippen LogP contribution in [0, 0.1) is 11.6 Å². The second kappa shape index (κ2) is 6.22. The van der Waals surface area contributed by atoms with Crippen LogP contribution in [0.2, 0.25) is 0 Å². The number of carbonyl (C=O) groups excluding carboxylic acids is 1. The summed E-state index contributed by atoms with van der Waals surface area (Å²) >= 11 is 0. The van der Waals surface area contributed by atoms with Crippen molar-refractivity contribution < 1.29 is 13.6 Å². The fourth-order valence-electron chi connectivity index (χ4n) is 1.91. The summed E-state index contributed by atoms with van der Waals surface area (Å²) in [5.41, 5.74) is 0.355. The van der Waals surface area contributed by atoms with Crippen LogP contribution in [0.5, 0.6) is 0 Å². The number of rotatable bonds is 4. The zero-order valence-electron chi connectivity index (χ0n) is 11.7. The van der Waals surface area contributed by atoms with Crippen LogP contribution in [0.4, 0.5) is 26.0 Å². The fourth-order valence-corrected chi connectivity index (χ4v) is 1.91. The highest BCUT2D eigenvalue weighted by Gasteiger charge is 2.18. The lowest BCUT2D eigenvalue weighted by atomic mass is 10.2. The van der Waals surface area contributed by atoms with Gasteiger partial charge in [-0.1, -0.05) is 18.2 Å². The highest BCUT2D eigenvalue weighted by molar-refractivity contribution is 6.06. The van der Waals surface area contributed by atoms with E-state index >= 15 is 0 Å². The Balaban J connectivity index is 1.81. The number of amides is 1. The topological polar surface area (TPSA) is 82.7 Å². The molecule has 6 nitrogen and oxygen atoms in total. The molecule has 0 saturated carbocycles. The molecule has 8 heteroatoms. The van der Waals surface area contributed by atoms with Gasteiger partial charge < -0.3 is 10.6 Å². The minimum atomic E-state index is -0.749. The van der Waals surface area contributed by atoms with Gasteiger partial charge in [-0.25, -0.2) is 8.78 Å². The standard InChI is InChI=1S/C15H11F2N5O/c16-9-6-7-11(17)12(8-9)19-15(23)13-14(21-22-20-13)18-10-4-2-1-3-5-10/h1-8H,(H,19,23)(H2,18,20,21,22). The molecule has 0 bridgehead atoms. The van der Waals surface area contributed by atoms with Crippen LogP contribution in [-0.2, 0) is 0 Å². The number of hydrogen-bond donors (Lipinski definition) is 3. The smallest absolute Gasteiger partial charge is 0.280 e. The number of nitrogens with one attached hydrogen (secondary N) is 3. The van der Waals surface area contributed by atoms with Crippen molar-refractivity contribution in [2.75, 3.05) is 10.6 Å². The van der Waals surface area contributed by atoms with E-state index in [1.165, 1.54) is 0 Å². The first-order valence-electron chi connectivity index (χ1n) is 6.63. The van der Waals surface area contributed by atoms with Gasteiger partial charge in [0.15, 0.2) is 11.5 Å². The van der Waals surface area contributed by atoms with Crippen LogP contribution in [0.25, 0.3) is 0 Å². The van der Waals surface area contributed by atoms with Crippen LogP contribution in [0.1, 0.15) is 10.5 Å². The fraction of sp³-hybridized carbons (Fsp3) is 0. The summed E-state index contributed by atoms with van der Waals surface area (Å²) in [6.45, 7) is 0. The summed E-state index contributed by atoms with van der Waals surface area (Å²) in [6, 6.07) is 11.8. The van der Waals surface area contributed by atoms with Gasteiger partial charge in [0.2, 0.25) is 0 Å². The number of carbonyl (C=O) groups is 1. The first-order chi connectivity index (χ1) is 11.1. The minimum absolute atomic E-state index is 0.0717. The van der Waals surface area contributed by atoms with E-state index in [9.17, 15) is 13.6 Å². The molecule has 0 fully saturated rings. The Morgan fingerprint density at radius 1 is 1.04 bits per heavy atom.